The van der Waals surface area contributed by atoms with Gasteiger partial charge >= 0.3 is 6.18 Å². The zero-order chi connectivity index (χ0) is 28.2. The highest BCUT2D eigenvalue weighted by Crippen LogP contribution is 2.31. The van der Waals surface area contributed by atoms with Crippen LogP contribution in [0.25, 0.3) is 16.8 Å². The van der Waals surface area contributed by atoms with E-state index in [1.807, 2.05) is 30.3 Å². The van der Waals surface area contributed by atoms with Crippen LogP contribution in [0.5, 0.6) is 0 Å². The van der Waals surface area contributed by atoms with E-state index in [1.54, 1.807) is 30.3 Å². The molecule has 11 heteroatoms. The molecule has 0 aliphatic rings. The number of halogens is 3. The Balaban J connectivity index is 1.74. The lowest BCUT2D eigenvalue weighted by atomic mass is 10.00. The molecule has 0 aliphatic heterocycles. The van der Waals surface area contributed by atoms with Gasteiger partial charge in [-0.3, -0.25) is 4.79 Å². The Kier molecular flexibility index (Phi) is 8.03. The van der Waals surface area contributed by atoms with Crippen LogP contribution in [0.1, 0.15) is 27.3 Å². The van der Waals surface area contributed by atoms with E-state index in [-0.39, 0.29) is 35.1 Å². The number of nitrogens with one attached hydrogen (secondary N) is 1. The van der Waals surface area contributed by atoms with E-state index in [0.717, 1.165) is 10.2 Å². The van der Waals surface area contributed by atoms with Gasteiger partial charge in [0.2, 0.25) is 0 Å². The third-order valence-corrected chi connectivity index (χ3v) is 7.31. The number of alkyl halides is 3. The average Bonchev–Trinajstić information content (AvgIpc) is 3.36. The zero-order valence-corrected chi connectivity index (χ0v) is 21.5. The molecule has 39 heavy (non-hydrogen) atoms. The third kappa shape index (κ3) is 6.62. The molecule has 0 unspecified atom stereocenters. The maximum absolute atomic E-state index is 13.5. The molecule has 0 fully saturated rings. The minimum atomic E-state index is -4.78. The molecule has 0 bridgehead atoms. The summed E-state index contributed by atoms with van der Waals surface area (Å²) in [7, 11) is -3.56. The molecule has 202 valence electrons. The monoisotopic (exact) mass is 554 g/mol. The predicted molar refractivity (Wildman–Crippen MR) is 144 cm³/mol. The summed E-state index contributed by atoms with van der Waals surface area (Å²) in [6, 6.07) is 20.8. The molecule has 0 saturated heterocycles. The Labute approximate surface area is 223 Å². The third-order valence-electron chi connectivity index (χ3n) is 5.82. The van der Waals surface area contributed by atoms with Crippen molar-refractivity contribution < 1.29 is 26.4 Å². The van der Waals surface area contributed by atoms with Crippen LogP contribution in [-0.4, -0.2) is 29.9 Å². The Morgan fingerprint density at radius 2 is 1.77 bits per heavy atom. The summed E-state index contributed by atoms with van der Waals surface area (Å²) in [5.41, 5.74) is 6.99. The number of anilines is 1. The van der Waals surface area contributed by atoms with Crippen molar-refractivity contribution in [3.8, 4) is 16.8 Å². The Morgan fingerprint density at radius 1 is 1.03 bits per heavy atom. The Hall–Kier alpha value is -4.22. The molecule has 0 saturated carbocycles. The van der Waals surface area contributed by atoms with Gasteiger partial charge in [-0.2, -0.15) is 18.3 Å². The van der Waals surface area contributed by atoms with E-state index >= 15 is 0 Å². The second kappa shape index (κ2) is 11.3. The van der Waals surface area contributed by atoms with Gasteiger partial charge in [0.1, 0.15) is 5.69 Å². The highest BCUT2D eigenvalue weighted by molar-refractivity contribution is 7.90. The predicted octanol–water partition coefficient (Wildman–Crippen LogP) is 5.37. The summed E-state index contributed by atoms with van der Waals surface area (Å²) in [5, 5.41) is 6.22. The fraction of sp³-hybridized carbons (Fsp3) is 0.143. The molecule has 3 N–H and O–H groups in total. The first-order valence-electron chi connectivity index (χ1n) is 11.8. The van der Waals surface area contributed by atoms with Gasteiger partial charge in [-0.1, -0.05) is 54.6 Å². The zero-order valence-electron chi connectivity index (χ0n) is 20.6. The number of rotatable bonds is 9. The van der Waals surface area contributed by atoms with Crippen molar-refractivity contribution in [2.45, 2.75) is 18.5 Å². The van der Waals surface area contributed by atoms with Gasteiger partial charge in [-0.25, -0.2) is 13.1 Å². The van der Waals surface area contributed by atoms with Crippen molar-refractivity contribution in [1.82, 2.24) is 9.78 Å². The SMILES string of the molecule is C=CCS(=O)(=O)Cc1cc(NC(=O)c2cc(C(F)(F)F)nn2-c2cccc(CN)c2)ccc1-c1ccccc1. The van der Waals surface area contributed by atoms with Crippen LogP contribution in [0.15, 0.2) is 91.5 Å². The molecule has 4 rings (SSSR count). The first-order valence-corrected chi connectivity index (χ1v) is 13.6. The molecule has 0 aliphatic carbocycles. The minimum Gasteiger partial charge on any atom is -0.326 e. The lowest BCUT2D eigenvalue weighted by molar-refractivity contribution is -0.141. The number of aromatic nitrogens is 2. The van der Waals surface area contributed by atoms with Crippen molar-refractivity contribution in [2.75, 3.05) is 11.1 Å². The van der Waals surface area contributed by atoms with Crippen LogP contribution in [0, 0.1) is 0 Å². The first-order chi connectivity index (χ1) is 18.5. The number of carbonyl (C=O) groups is 1. The molecule has 1 heterocycles. The Morgan fingerprint density at radius 3 is 2.44 bits per heavy atom. The molecule has 0 radical (unpaired) electrons. The molecular formula is C28H25F3N4O3S. The van der Waals surface area contributed by atoms with Gasteiger partial charge < -0.3 is 11.1 Å². The maximum atomic E-state index is 13.5. The molecule has 0 spiro atoms. The number of benzene rings is 3. The average molecular weight is 555 g/mol. The number of carbonyl (C=O) groups excluding carboxylic acids is 1. The van der Waals surface area contributed by atoms with Gasteiger partial charge in [-0.05, 0) is 46.5 Å². The summed E-state index contributed by atoms with van der Waals surface area (Å²) < 4.78 is 66.7. The second-order valence-electron chi connectivity index (χ2n) is 8.73. The smallest absolute Gasteiger partial charge is 0.326 e. The van der Waals surface area contributed by atoms with Crippen molar-refractivity contribution in [1.29, 1.82) is 0 Å². The quantitative estimate of drug-likeness (QED) is 0.271. The Bertz CT molecular complexity index is 1610. The number of hydrogen-bond acceptors (Lipinski definition) is 5. The van der Waals surface area contributed by atoms with Crippen LogP contribution in [0.2, 0.25) is 0 Å². The van der Waals surface area contributed by atoms with E-state index in [1.165, 1.54) is 18.2 Å². The lowest BCUT2D eigenvalue weighted by Gasteiger charge is -2.14. The normalized spacial score (nSPS) is 11.8. The number of sulfone groups is 1. The van der Waals surface area contributed by atoms with Gasteiger partial charge in [0, 0.05) is 18.3 Å². The second-order valence-corrected chi connectivity index (χ2v) is 10.8. The van der Waals surface area contributed by atoms with Gasteiger partial charge in [0.25, 0.3) is 5.91 Å². The van der Waals surface area contributed by atoms with Crippen LogP contribution in [0.4, 0.5) is 18.9 Å². The van der Waals surface area contributed by atoms with E-state index in [0.29, 0.717) is 22.8 Å². The number of nitrogens with zero attached hydrogens (tertiary/aromatic N) is 2. The van der Waals surface area contributed by atoms with E-state index in [2.05, 4.69) is 17.0 Å². The number of nitrogens with two attached hydrogens (primary N) is 1. The summed E-state index contributed by atoms with van der Waals surface area (Å²) in [6.45, 7) is 3.64. The van der Waals surface area contributed by atoms with Crippen molar-refractivity contribution >= 4 is 21.4 Å². The fourth-order valence-corrected chi connectivity index (χ4v) is 5.24. The maximum Gasteiger partial charge on any atom is 0.435 e. The van der Waals surface area contributed by atoms with Gasteiger partial charge in [0.15, 0.2) is 15.5 Å². The highest BCUT2D eigenvalue weighted by atomic mass is 32.2. The van der Waals surface area contributed by atoms with E-state index < -0.39 is 27.6 Å². The van der Waals surface area contributed by atoms with Crippen molar-refractivity contribution in [3.63, 3.8) is 0 Å². The number of hydrogen-bond donors (Lipinski definition) is 2. The molecule has 7 nitrogen and oxygen atoms in total. The first kappa shape index (κ1) is 27.8. The number of amides is 1. The van der Waals surface area contributed by atoms with Gasteiger partial charge in [0.05, 0.1) is 17.2 Å². The van der Waals surface area contributed by atoms with Crippen LogP contribution >= 0.6 is 0 Å². The standard InChI is InChI=1S/C28H25F3N4O3S/c1-2-13-39(37,38)18-21-15-22(11-12-24(21)20-8-4-3-5-9-20)33-27(36)25-16-26(28(29,30)31)34-35(25)23-10-6-7-19(14-23)17-32/h2-12,14-16H,1,13,17-18,32H2,(H,33,36). The summed E-state index contributed by atoms with van der Waals surface area (Å²) in [5.74, 6) is -1.42. The van der Waals surface area contributed by atoms with Gasteiger partial charge in [-0.15, -0.1) is 6.58 Å². The van der Waals surface area contributed by atoms with E-state index in [9.17, 15) is 26.4 Å². The van der Waals surface area contributed by atoms with Crippen LogP contribution in [-0.2, 0) is 28.3 Å². The minimum absolute atomic E-state index is 0.147. The topological polar surface area (TPSA) is 107 Å². The molecule has 3 aromatic carbocycles. The van der Waals surface area contributed by atoms with Crippen molar-refractivity contribution in [3.05, 3.63) is 114 Å². The van der Waals surface area contributed by atoms with E-state index in [4.69, 9.17) is 5.73 Å². The molecule has 0 atom stereocenters. The summed E-state index contributed by atoms with van der Waals surface area (Å²) >= 11 is 0. The molecule has 1 amide bonds. The van der Waals surface area contributed by atoms with Crippen molar-refractivity contribution in [2.24, 2.45) is 5.73 Å². The lowest BCUT2D eigenvalue weighted by Crippen LogP contribution is -2.17. The highest BCUT2D eigenvalue weighted by Gasteiger charge is 2.36. The summed E-state index contributed by atoms with van der Waals surface area (Å²) in [4.78, 5) is 13.3. The summed E-state index contributed by atoms with van der Waals surface area (Å²) in [6.07, 6.45) is -3.49. The van der Waals surface area contributed by atoms with Crippen LogP contribution < -0.4 is 11.1 Å². The molecular weight excluding hydrogens is 529 g/mol. The molecule has 1 aromatic heterocycles. The van der Waals surface area contributed by atoms with Crippen LogP contribution in [0.3, 0.4) is 0 Å². The largest absolute Gasteiger partial charge is 0.435 e. The fourth-order valence-electron chi connectivity index (χ4n) is 4.05. The molecule has 4 aromatic rings.